The van der Waals surface area contributed by atoms with Crippen LogP contribution in [0.15, 0.2) is 47.6 Å². The molecule has 1 aliphatic rings. The van der Waals surface area contributed by atoms with E-state index in [1.165, 1.54) is 12.3 Å². The van der Waals surface area contributed by atoms with Gasteiger partial charge in [-0.05, 0) is 30.3 Å². The van der Waals surface area contributed by atoms with Crippen LogP contribution in [0.2, 0.25) is 0 Å². The number of hydrogen-bond acceptors (Lipinski definition) is 5. The lowest BCUT2D eigenvalue weighted by Crippen LogP contribution is -2.21. The van der Waals surface area contributed by atoms with E-state index in [2.05, 4.69) is 9.71 Å². The van der Waals surface area contributed by atoms with Crippen LogP contribution in [0.25, 0.3) is 0 Å². The van der Waals surface area contributed by atoms with E-state index in [9.17, 15) is 8.42 Å². The number of anilines is 1. The van der Waals surface area contributed by atoms with Crippen molar-refractivity contribution in [2.24, 2.45) is 5.73 Å². The van der Waals surface area contributed by atoms with Gasteiger partial charge in [-0.15, -0.1) is 0 Å². The lowest BCUT2D eigenvalue weighted by atomic mass is 10.0. The Kier molecular flexibility index (Phi) is 3.52. The Bertz CT molecular complexity index is 747. The van der Waals surface area contributed by atoms with E-state index in [-0.39, 0.29) is 10.9 Å². The molecule has 3 rings (SSSR count). The quantitative estimate of drug-likeness (QED) is 0.899. The minimum absolute atomic E-state index is 0.158. The molecule has 3 N–H and O–H groups in total. The van der Waals surface area contributed by atoms with Gasteiger partial charge in [-0.3, -0.25) is 9.71 Å². The van der Waals surface area contributed by atoms with Crippen LogP contribution < -0.4 is 15.2 Å². The van der Waals surface area contributed by atoms with E-state index in [0.717, 1.165) is 5.56 Å². The summed E-state index contributed by atoms with van der Waals surface area (Å²) in [5, 5.41) is 0. The molecule has 0 amide bonds. The molecule has 1 atom stereocenters. The number of ether oxygens (including phenoxy) is 1. The van der Waals surface area contributed by atoms with Crippen molar-refractivity contribution in [1.29, 1.82) is 0 Å². The summed E-state index contributed by atoms with van der Waals surface area (Å²) in [7, 11) is -3.67. The van der Waals surface area contributed by atoms with Gasteiger partial charge in [0.15, 0.2) is 0 Å². The number of benzene rings is 1. The molecule has 1 aromatic carbocycles. The second kappa shape index (κ2) is 5.34. The average Bonchev–Trinajstić information content (AvgIpc) is 2.48. The SMILES string of the molecule is NC1CCOc2ccc(S(=O)(=O)Nc3cccnc3)cc21. The Morgan fingerprint density at radius 3 is 2.95 bits per heavy atom. The van der Waals surface area contributed by atoms with Crippen LogP contribution in [-0.2, 0) is 10.0 Å². The molecule has 0 bridgehead atoms. The van der Waals surface area contributed by atoms with E-state index in [1.54, 1.807) is 30.5 Å². The van der Waals surface area contributed by atoms with Crippen molar-refractivity contribution >= 4 is 15.7 Å². The molecule has 0 saturated carbocycles. The highest BCUT2D eigenvalue weighted by atomic mass is 32.2. The molecular weight excluding hydrogens is 290 g/mol. The lowest BCUT2D eigenvalue weighted by Gasteiger charge is -2.23. The highest BCUT2D eigenvalue weighted by molar-refractivity contribution is 7.92. The van der Waals surface area contributed by atoms with Crippen LogP contribution in [0.4, 0.5) is 5.69 Å². The van der Waals surface area contributed by atoms with Gasteiger partial charge in [0.25, 0.3) is 10.0 Å². The number of aromatic nitrogens is 1. The van der Waals surface area contributed by atoms with Crippen LogP contribution in [0, 0.1) is 0 Å². The van der Waals surface area contributed by atoms with E-state index >= 15 is 0 Å². The third-order valence-corrected chi connectivity index (χ3v) is 4.67. The molecule has 7 heteroatoms. The molecule has 0 fully saturated rings. The monoisotopic (exact) mass is 305 g/mol. The summed E-state index contributed by atoms with van der Waals surface area (Å²) in [6.45, 7) is 0.550. The van der Waals surface area contributed by atoms with Crippen molar-refractivity contribution < 1.29 is 13.2 Å². The molecule has 1 unspecified atom stereocenters. The summed E-state index contributed by atoms with van der Waals surface area (Å²) >= 11 is 0. The molecule has 2 heterocycles. The lowest BCUT2D eigenvalue weighted by molar-refractivity contribution is 0.268. The van der Waals surface area contributed by atoms with E-state index in [1.807, 2.05) is 0 Å². The van der Waals surface area contributed by atoms with Gasteiger partial charge in [0.05, 0.1) is 23.4 Å². The maximum atomic E-state index is 12.4. The molecule has 21 heavy (non-hydrogen) atoms. The normalized spacial score (nSPS) is 17.7. The summed E-state index contributed by atoms with van der Waals surface area (Å²) in [6, 6.07) is 7.81. The van der Waals surface area contributed by atoms with E-state index in [4.69, 9.17) is 10.5 Å². The van der Waals surface area contributed by atoms with Crippen LogP contribution in [0.3, 0.4) is 0 Å². The molecular formula is C14H15N3O3S. The minimum Gasteiger partial charge on any atom is -0.493 e. The molecule has 0 radical (unpaired) electrons. The molecule has 0 saturated heterocycles. The molecule has 0 aliphatic carbocycles. The standard InChI is InChI=1S/C14H15N3O3S/c15-13-5-7-20-14-4-3-11(8-12(13)14)21(18,19)17-10-2-1-6-16-9-10/h1-4,6,8-9,13,17H,5,7,15H2. The number of hydrogen-bond donors (Lipinski definition) is 2. The number of nitrogens with two attached hydrogens (primary N) is 1. The number of sulfonamides is 1. The fourth-order valence-corrected chi connectivity index (χ4v) is 3.28. The molecule has 110 valence electrons. The second-order valence-electron chi connectivity index (χ2n) is 4.79. The largest absolute Gasteiger partial charge is 0.493 e. The predicted octanol–water partition coefficient (Wildman–Crippen LogP) is 1.66. The summed E-state index contributed by atoms with van der Waals surface area (Å²) in [6.07, 6.45) is 3.70. The second-order valence-corrected chi connectivity index (χ2v) is 6.47. The first-order chi connectivity index (χ1) is 10.1. The Labute approximate surface area is 123 Å². The Hall–Kier alpha value is -2.12. The van der Waals surface area contributed by atoms with Gasteiger partial charge in [0, 0.05) is 24.2 Å². The predicted molar refractivity (Wildman–Crippen MR) is 78.5 cm³/mol. The first kappa shape index (κ1) is 13.8. The van der Waals surface area contributed by atoms with Crippen LogP contribution in [-0.4, -0.2) is 20.0 Å². The smallest absolute Gasteiger partial charge is 0.261 e. The third kappa shape index (κ3) is 2.84. The van der Waals surface area contributed by atoms with Gasteiger partial charge < -0.3 is 10.5 Å². The number of nitrogens with zero attached hydrogens (tertiary/aromatic N) is 1. The maximum Gasteiger partial charge on any atom is 0.261 e. The minimum atomic E-state index is -3.67. The summed E-state index contributed by atoms with van der Waals surface area (Å²) < 4.78 is 32.7. The van der Waals surface area contributed by atoms with Crippen LogP contribution >= 0.6 is 0 Å². The van der Waals surface area contributed by atoms with Crippen molar-refractivity contribution in [2.45, 2.75) is 17.4 Å². The first-order valence-electron chi connectivity index (χ1n) is 6.51. The van der Waals surface area contributed by atoms with Crippen molar-refractivity contribution in [3.63, 3.8) is 0 Å². The van der Waals surface area contributed by atoms with Crippen molar-refractivity contribution in [2.75, 3.05) is 11.3 Å². The zero-order valence-corrected chi connectivity index (χ0v) is 12.0. The van der Waals surface area contributed by atoms with E-state index in [0.29, 0.717) is 24.5 Å². The van der Waals surface area contributed by atoms with Crippen LogP contribution in [0.1, 0.15) is 18.0 Å². The number of pyridine rings is 1. The molecule has 2 aromatic rings. The average molecular weight is 305 g/mol. The van der Waals surface area contributed by atoms with Gasteiger partial charge in [-0.2, -0.15) is 0 Å². The Balaban J connectivity index is 1.94. The third-order valence-electron chi connectivity index (χ3n) is 3.29. The summed E-state index contributed by atoms with van der Waals surface area (Å²) in [5.41, 5.74) is 7.14. The van der Waals surface area contributed by atoms with Crippen molar-refractivity contribution in [3.8, 4) is 5.75 Å². The molecule has 1 aliphatic heterocycles. The highest BCUT2D eigenvalue weighted by Crippen LogP contribution is 2.32. The van der Waals surface area contributed by atoms with Gasteiger partial charge in [-0.1, -0.05) is 0 Å². The van der Waals surface area contributed by atoms with Gasteiger partial charge in [0.1, 0.15) is 5.75 Å². The van der Waals surface area contributed by atoms with E-state index < -0.39 is 10.0 Å². The number of fused-ring (bicyclic) bond motifs is 1. The fraction of sp³-hybridized carbons (Fsp3) is 0.214. The summed E-state index contributed by atoms with van der Waals surface area (Å²) in [5.74, 6) is 0.647. The zero-order valence-electron chi connectivity index (χ0n) is 11.2. The van der Waals surface area contributed by atoms with Crippen molar-refractivity contribution in [3.05, 3.63) is 48.3 Å². The van der Waals surface area contributed by atoms with Crippen molar-refractivity contribution in [1.82, 2.24) is 4.98 Å². The highest BCUT2D eigenvalue weighted by Gasteiger charge is 2.22. The fourth-order valence-electron chi connectivity index (χ4n) is 2.20. The number of nitrogens with one attached hydrogen (secondary N) is 1. The number of rotatable bonds is 3. The molecule has 0 spiro atoms. The topological polar surface area (TPSA) is 94.3 Å². The Morgan fingerprint density at radius 2 is 2.19 bits per heavy atom. The maximum absolute atomic E-state index is 12.4. The van der Waals surface area contributed by atoms with Gasteiger partial charge in [-0.25, -0.2) is 8.42 Å². The summed E-state index contributed by atoms with van der Waals surface area (Å²) in [4.78, 5) is 4.04. The van der Waals surface area contributed by atoms with Gasteiger partial charge in [0.2, 0.25) is 0 Å². The zero-order chi connectivity index (χ0) is 14.9. The Morgan fingerprint density at radius 1 is 1.33 bits per heavy atom. The first-order valence-corrected chi connectivity index (χ1v) is 8.00. The molecule has 1 aromatic heterocycles. The van der Waals surface area contributed by atoms with Gasteiger partial charge >= 0.3 is 0 Å². The molecule has 6 nitrogen and oxygen atoms in total. The van der Waals surface area contributed by atoms with Crippen LogP contribution in [0.5, 0.6) is 5.75 Å².